The highest BCUT2D eigenvalue weighted by Crippen LogP contribution is 2.28. The van der Waals surface area contributed by atoms with E-state index in [0.29, 0.717) is 0 Å². The van der Waals surface area contributed by atoms with Crippen LogP contribution in [0.1, 0.15) is 33.3 Å². The Morgan fingerprint density at radius 1 is 1.30 bits per heavy atom. The Morgan fingerprint density at radius 3 is 2.43 bits per heavy atom. The van der Waals surface area contributed by atoms with Gasteiger partial charge in [0.1, 0.15) is 17.2 Å². The maximum Gasteiger partial charge on any atom is 0.407 e. The molecule has 0 aromatic heterocycles. The zero-order valence-corrected chi connectivity index (χ0v) is 15.3. The summed E-state index contributed by atoms with van der Waals surface area (Å²) in [5, 5.41) is 12.1. The van der Waals surface area contributed by atoms with Crippen LogP contribution in [0.3, 0.4) is 0 Å². The summed E-state index contributed by atoms with van der Waals surface area (Å²) in [5.74, 6) is -1.40. The van der Waals surface area contributed by atoms with Gasteiger partial charge < -0.3 is 15.2 Å². The van der Waals surface area contributed by atoms with E-state index in [2.05, 4.69) is 21.2 Å². The highest BCUT2D eigenvalue weighted by molar-refractivity contribution is 9.10. The zero-order valence-electron chi connectivity index (χ0n) is 13.7. The average molecular weight is 394 g/mol. The number of hydrogen-bond donors (Lipinski definition) is 2. The monoisotopic (exact) mass is 393 g/mol. The van der Waals surface area contributed by atoms with E-state index in [1.807, 2.05) is 0 Å². The summed E-state index contributed by atoms with van der Waals surface area (Å²) in [6.45, 7) is 6.47. The van der Waals surface area contributed by atoms with E-state index < -0.39 is 28.7 Å². The molecule has 0 aliphatic rings. The van der Waals surface area contributed by atoms with Gasteiger partial charge in [-0.1, -0.05) is 6.92 Å². The number of benzene rings is 1. The maximum absolute atomic E-state index is 14.1. The molecule has 1 rings (SSSR count). The van der Waals surface area contributed by atoms with Crippen LogP contribution in [-0.2, 0) is 11.2 Å². The number of halogens is 3. The van der Waals surface area contributed by atoms with Gasteiger partial charge in [-0.3, -0.25) is 0 Å². The molecule has 0 bridgehead atoms. The van der Waals surface area contributed by atoms with Crippen LogP contribution in [0.2, 0.25) is 0 Å². The van der Waals surface area contributed by atoms with E-state index in [4.69, 9.17) is 4.74 Å². The average Bonchev–Trinajstić information content (AvgIpc) is 2.44. The summed E-state index contributed by atoms with van der Waals surface area (Å²) >= 11 is 3.01. The van der Waals surface area contributed by atoms with Crippen LogP contribution in [0.4, 0.5) is 13.6 Å². The van der Waals surface area contributed by atoms with Crippen molar-refractivity contribution in [3.8, 4) is 0 Å². The molecule has 0 fully saturated rings. The van der Waals surface area contributed by atoms with Crippen molar-refractivity contribution in [1.82, 2.24) is 5.32 Å². The van der Waals surface area contributed by atoms with Crippen molar-refractivity contribution in [3.63, 3.8) is 0 Å². The molecule has 0 heterocycles. The Balaban J connectivity index is 2.83. The van der Waals surface area contributed by atoms with Crippen LogP contribution in [-0.4, -0.2) is 30.0 Å². The van der Waals surface area contributed by atoms with Crippen LogP contribution < -0.4 is 5.32 Å². The summed E-state index contributed by atoms with van der Waals surface area (Å²) in [4.78, 5) is 11.7. The first-order chi connectivity index (χ1) is 10.5. The van der Waals surface area contributed by atoms with E-state index in [-0.39, 0.29) is 29.6 Å². The fourth-order valence-corrected chi connectivity index (χ4v) is 2.30. The van der Waals surface area contributed by atoms with Crippen molar-refractivity contribution in [2.75, 3.05) is 13.2 Å². The molecular weight excluding hydrogens is 372 g/mol. The molecule has 4 nitrogen and oxygen atoms in total. The number of carbonyl (C=O) groups excluding carboxylic acids is 1. The van der Waals surface area contributed by atoms with Gasteiger partial charge in [0.2, 0.25) is 0 Å². The number of rotatable bonds is 5. The summed E-state index contributed by atoms with van der Waals surface area (Å²) in [7, 11) is 0. The molecule has 0 spiro atoms. The van der Waals surface area contributed by atoms with Gasteiger partial charge in [0.05, 0.1) is 11.1 Å². The Hall–Kier alpha value is -1.21. The minimum atomic E-state index is -0.931. The van der Waals surface area contributed by atoms with Crippen LogP contribution in [0.15, 0.2) is 16.6 Å². The highest BCUT2D eigenvalue weighted by atomic mass is 79.9. The summed E-state index contributed by atoms with van der Waals surface area (Å²) in [6, 6.07) is 2.44. The van der Waals surface area contributed by atoms with Crippen molar-refractivity contribution < 1.29 is 23.4 Å². The molecule has 0 saturated carbocycles. The van der Waals surface area contributed by atoms with Gasteiger partial charge in [0.25, 0.3) is 0 Å². The molecule has 1 aromatic carbocycles. The van der Waals surface area contributed by atoms with Crippen LogP contribution in [0, 0.1) is 17.0 Å². The fraction of sp³-hybridized carbons (Fsp3) is 0.562. The summed E-state index contributed by atoms with van der Waals surface area (Å²) in [5.41, 5.74) is -1.72. The van der Waals surface area contributed by atoms with E-state index in [9.17, 15) is 18.7 Å². The Kier molecular flexibility index (Phi) is 6.53. The summed E-state index contributed by atoms with van der Waals surface area (Å²) in [6.07, 6.45) is -0.719. The molecule has 7 heteroatoms. The van der Waals surface area contributed by atoms with Gasteiger partial charge in [-0.25, -0.2) is 13.6 Å². The van der Waals surface area contributed by atoms with E-state index in [0.717, 1.165) is 6.07 Å². The lowest BCUT2D eigenvalue weighted by molar-refractivity contribution is 0.0477. The number of ether oxygens (including phenoxy) is 1. The topological polar surface area (TPSA) is 58.6 Å². The third kappa shape index (κ3) is 6.06. The maximum atomic E-state index is 14.1. The van der Waals surface area contributed by atoms with Crippen molar-refractivity contribution >= 4 is 22.0 Å². The number of aliphatic hydroxyl groups is 1. The third-order valence-electron chi connectivity index (χ3n) is 3.18. The lowest BCUT2D eigenvalue weighted by Crippen LogP contribution is -2.42. The second-order valence-electron chi connectivity index (χ2n) is 6.82. The standard InChI is InChI=1S/C16H22BrF2NO3/c1-15(2,3)23-14(22)20-8-16(4,9-21)7-10-12(18)6-5-11(17)13(10)19/h5-6,21H,7-9H2,1-4H3,(H,20,22). The quantitative estimate of drug-likeness (QED) is 0.748. The minimum absolute atomic E-state index is 0.0177. The van der Waals surface area contributed by atoms with Gasteiger partial charge in [-0.05, 0) is 55.3 Å². The number of carbonyl (C=O) groups is 1. The largest absolute Gasteiger partial charge is 0.444 e. The van der Waals surface area contributed by atoms with Crippen LogP contribution in [0.5, 0.6) is 0 Å². The second kappa shape index (κ2) is 7.57. The number of amides is 1. The molecule has 23 heavy (non-hydrogen) atoms. The molecular formula is C16H22BrF2NO3. The minimum Gasteiger partial charge on any atom is -0.444 e. The molecule has 2 N–H and O–H groups in total. The normalized spacial score (nSPS) is 14.3. The fourth-order valence-electron chi connectivity index (χ4n) is 1.93. The first-order valence-electron chi connectivity index (χ1n) is 7.17. The smallest absolute Gasteiger partial charge is 0.407 e. The lowest BCUT2D eigenvalue weighted by Gasteiger charge is -2.29. The van der Waals surface area contributed by atoms with E-state index >= 15 is 0 Å². The van der Waals surface area contributed by atoms with Crippen molar-refractivity contribution in [3.05, 3.63) is 33.8 Å². The van der Waals surface area contributed by atoms with Gasteiger partial charge in [-0.15, -0.1) is 0 Å². The summed E-state index contributed by atoms with van der Waals surface area (Å²) < 4.78 is 33.2. The Morgan fingerprint density at radius 2 is 1.91 bits per heavy atom. The Bertz CT molecular complexity index is 575. The molecule has 1 atom stereocenters. The van der Waals surface area contributed by atoms with Gasteiger partial charge in [0.15, 0.2) is 0 Å². The predicted molar refractivity (Wildman–Crippen MR) is 87.2 cm³/mol. The Labute approximate surface area is 143 Å². The van der Waals surface area contributed by atoms with Gasteiger partial charge in [-0.2, -0.15) is 0 Å². The highest BCUT2D eigenvalue weighted by Gasteiger charge is 2.29. The first kappa shape index (κ1) is 19.8. The lowest BCUT2D eigenvalue weighted by atomic mass is 9.84. The van der Waals surface area contributed by atoms with Crippen LogP contribution >= 0.6 is 15.9 Å². The van der Waals surface area contributed by atoms with Crippen molar-refractivity contribution in [1.29, 1.82) is 0 Å². The number of hydrogen-bond acceptors (Lipinski definition) is 3. The SMILES string of the molecule is CC(CO)(CNC(=O)OC(C)(C)C)Cc1c(F)ccc(Br)c1F. The van der Waals surface area contributed by atoms with Gasteiger partial charge >= 0.3 is 6.09 Å². The van der Waals surface area contributed by atoms with Gasteiger partial charge in [0, 0.05) is 17.5 Å². The third-order valence-corrected chi connectivity index (χ3v) is 3.80. The number of nitrogens with one attached hydrogen (secondary N) is 1. The molecule has 1 unspecified atom stereocenters. The number of alkyl carbamates (subject to hydrolysis) is 1. The zero-order chi connectivity index (χ0) is 17.8. The van der Waals surface area contributed by atoms with E-state index in [1.165, 1.54) is 6.07 Å². The molecule has 1 amide bonds. The van der Waals surface area contributed by atoms with Crippen molar-refractivity contribution in [2.45, 2.75) is 39.7 Å². The van der Waals surface area contributed by atoms with E-state index in [1.54, 1.807) is 27.7 Å². The van der Waals surface area contributed by atoms with Crippen LogP contribution in [0.25, 0.3) is 0 Å². The molecule has 1 aromatic rings. The molecule has 0 radical (unpaired) electrons. The molecule has 0 aliphatic heterocycles. The second-order valence-corrected chi connectivity index (χ2v) is 7.68. The van der Waals surface area contributed by atoms with Crippen molar-refractivity contribution in [2.24, 2.45) is 5.41 Å². The first-order valence-corrected chi connectivity index (χ1v) is 7.97. The predicted octanol–water partition coefficient (Wildman–Crippen LogP) is 3.79. The molecule has 130 valence electrons. The molecule has 0 saturated heterocycles. The number of aliphatic hydroxyl groups excluding tert-OH is 1. The molecule has 0 aliphatic carbocycles.